The van der Waals surface area contributed by atoms with E-state index in [1.165, 1.54) is 0 Å². The fourth-order valence-corrected chi connectivity index (χ4v) is 4.73. The highest BCUT2D eigenvalue weighted by Crippen LogP contribution is 2.40. The molecule has 2 heterocycles. The number of nitrogens with one attached hydrogen (secondary N) is 1. The third-order valence-electron chi connectivity index (χ3n) is 6.40. The molecule has 0 saturated carbocycles. The van der Waals surface area contributed by atoms with Crippen LogP contribution in [0.3, 0.4) is 0 Å². The molecule has 0 unspecified atom stereocenters. The van der Waals surface area contributed by atoms with Crippen molar-refractivity contribution in [3.05, 3.63) is 47.5 Å². The van der Waals surface area contributed by atoms with Crippen LogP contribution in [-0.2, 0) is 9.53 Å². The summed E-state index contributed by atoms with van der Waals surface area (Å²) in [5.41, 5.74) is 1.93. The number of ether oxygens (including phenoxy) is 3. The molecule has 2 aromatic rings. The minimum Gasteiger partial charge on any atom is -0.492 e. The second-order valence-electron chi connectivity index (χ2n) is 9.44. The molecule has 2 aliphatic heterocycles. The Morgan fingerprint density at radius 1 is 0.973 bits per heavy atom. The van der Waals surface area contributed by atoms with Gasteiger partial charge in [0.15, 0.2) is 0 Å². The average molecular weight is 510 g/mol. The Bertz CT molecular complexity index is 1120. The van der Waals surface area contributed by atoms with E-state index in [9.17, 15) is 14.4 Å². The Morgan fingerprint density at radius 2 is 1.57 bits per heavy atom. The number of anilines is 2. The van der Waals surface area contributed by atoms with Crippen molar-refractivity contribution in [2.75, 3.05) is 49.7 Å². The molecule has 3 amide bonds. The largest absolute Gasteiger partial charge is 0.492 e. The molecule has 4 rings (SSSR count). The molecule has 0 radical (unpaired) electrons. The molecular formula is C28H35N3O6. The SMILES string of the molecule is CCOc1cc(N2CCOCC2)c(OCC)cc1NC(=O)[C@H](CC(C)C)N1C(=O)c2ccccc2C1=O. The lowest BCUT2D eigenvalue weighted by Gasteiger charge is -2.31. The van der Waals surface area contributed by atoms with E-state index in [4.69, 9.17) is 14.2 Å². The third-order valence-corrected chi connectivity index (χ3v) is 6.40. The van der Waals surface area contributed by atoms with Crippen LogP contribution < -0.4 is 19.7 Å². The number of morpholine rings is 1. The number of carbonyl (C=O) groups is 3. The number of benzene rings is 2. The summed E-state index contributed by atoms with van der Waals surface area (Å²) in [6, 6.07) is 9.31. The van der Waals surface area contributed by atoms with Gasteiger partial charge in [0.25, 0.3) is 11.8 Å². The number of rotatable bonds is 10. The maximum Gasteiger partial charge on any atom is 0.262 e. The van der Waals surface area contributed by atoms with Crippen LogP contribution >= 0.6 is 0 Å². The molecule has 9 nitrogen and oxygen atoms in total. The number of fused-ring (bicyclic) bond motifs is 1. The summed E-state index contributed by atoms with van der Waals surface area (Å²) in [4.78, 5) is 43.3. The summed E-state index contributed by atoms with van der Waals surface area (Å²) in [5, 5.41) is 2.94. The van der Waals surface area contributed by atoms with Crippen LogP contribution in [0.25, 0.3) is 0 Å². The smallest absolute Gasteiger partial charge is 0.262 e. The lowest BCUT2D eigenvalue weighted by atomic mass is 10.0. The van der Waals surface area contributed by atoms with E-state index in [-0.39, 0.29) is 5.92 Å². The molecule has 0 bridgehead atoms. The molecule has 1 saturated heterocycles. The predicted molar refractivity (Wildman–Crippen MR) is 141 cm³/mol. The normalized spacial score (nSPS) is 16.1. The molecule has 1 atom stereocenters. The third kappa shape index (κ3) is 5.56. The Labute approximate surface area is 217 Å². The van der Waals surface area contributed by atoms with E-state index in [1.54, 1.807) is 30.3 Å². The Morgan fingerprint density at radius 3 is 2.14 bits per heavy atom. The molecule has 1 fully saturated rings. The molecule has 2 aromatic carbocycles. The van der Waals surface area contributed by atoms with Gasteiger partial charge in [-0.2, -0.15) is 0 Å². The second-order valence-corrected chi connectivity index (χ2v) is 9.44. The van der Waals surface area contributed by atoms with Gasteiger partial charge in [-0.1, -0.05) is 26.0 Å². The van der Waals surface area contributed by atoms with Crippen molar-refractivity contribution in [2.45, 2.75) is 40.2 Å². The Hall–Kier alpha value is -3.59. The van der Waals surface area contributed by atoms with Crippen molar-refractivity contribution in [3.8, 4) is 11.5 Å². The van der Waals surface area contributed by atoms with Crippen LogP contribution in [0.15, 0.2) is 36.4 Å². The first-order valence-electron chi connectivity index (χ1n) is 12.9. The summed E-state index contributed by atoms with van der Waals surface area (Å²) in [6.07, 6.45) is 0.325. The molecular weight excluding hydrogens is 474 g/mol. The van der Waals surface area contributed by atoms with E-state index in [0.29, 0.717) is 74.3 Å². The van der Waals surface area contributed by atoms with Gasteiger partial charge in [0, 0.05) is 25.2 Å². The zero-order chi connectivity index (χ0) is 26.5. The van der Waals surface area contributed by atoms with Gasteiger partial charge in [-0.05, 0) is 38.3 Å². The Kier molecular flexibility index (Phi) is 8.33. The molecule has 0 aliphatic carbocycles. The lowest BCUT2D eigenvalue weighted by molar-refractivity contribution is -0.120. The predicted octanol–water partition coefficient (Wildman–Crippen LogP) is 3.97. The van der Waals surface area contributed by atoms with Crippen molar-refractivity contribution < 1.29 is 28.6 Å². The van der Waals surface area contributed by atoms with Gasteiger partial charge in [-0.3, -0.25) is 19.3 Å². The van der Waals surface area contributed by atoms with Gasteiger partial charge in [0.1, 0.15) is 17.5 Å². The topological polar surface area (TPSA) is 97.4 Å². The van der Waals surface area contributed by atoms with Crippen molar-refractivity contribution >= 4 is 29.1 Å². The fourth-order valence-electron chi connectivity index (χ4n) is 4.73. The molecule has 198 valence electrons. The standard InChI is InChI=1S/C28H35N3O6/c1-5-36-24-17-22(30-11-13-35-14-12-30)25(37-6-2)16-21(24)29-26(32)23(15-18(3)4)31-27(33)19-9-7-8-10-20(19)28(31)34/h7-10,16-18,23H,5-6,11-15H2,1-4H3,(H,29,32)/t23-/m0/s1. The fraction of sp³-hybridized carbons (Fsp3) is 0.464. The summed E-state index contributed by atoms with van der Waals surface area (Å²) >= 11 is 0. The maximum absolute atomic E-state index is 13.7. The van der Waals surface area contributed by atoms with Gasteiger partial charge < -0.3 is 24.4 Å². The second kappa shape index (κ2) is 11.6. The van der Waals surface area contributed by atoms with E-state index >= 15 is 0 Å². The number of imide groups is 1. The number of nitrogens with zero attached hydrogens (tertiary/aromatic N) is 2. The van der Waals surface area contributed by atoms with Crippen LogP contribution in [0.2, 0.25) is 0 Å². The molecule has 1 N–H and O–H groups in total. The quantitative estimate of drug-likeness (QED) is 0.484. The van der Waals surface area contributed by atoms with Gasteiger partial charge >= 0.3 is 0 Å². The van der Waals surface area contributed by atoms with Gasteiger partial charge in [0.2, 0.25) is 5.91 Å². The minimum atomic E-state index is -0.976. The van der Waals surface area contributed by atoms with Crippen molar-refractivity contribution in [3.63, 3.8) is 0 Å². The van der Waals surface area contributed by atoms with Crippen molar-refractivity contribution in [1.29, 1.82) is 0 Å². The molecule has 37 heavy (non-hydrogen) atoms. The zero-order valence-electron chi connectivity index (χ0n) is 21.9. The number of carbonyl (C=O) groups excluding carboxylic acids is 3. The minimum absolute atomic E-state index is 0.0640. The van der Waals surface area contributed by atoms with Gasteiger partial charge in [-0.15, -0.1) is 0 Å². The monoisotopic (exact) mass is 509 g/mol. The van der Waals surface area contributed by atoms with Crippen molar-refractivity contribution in [2.24, 2.45) is 5.92 Å². The zero-order valence-corrected chi connectivity index (χ0v) is 21.9. The first kappa shape index (κ1) is 26.5. The maximum atomic E-state index is 13.7. The summed E-state index contributed by atoms with van der Waals surface area (Å²) in [7, 11) is 0. The van der Waals surface area contributed by atoms with E-state index < -0.39 is 23.8 Å². The Balaban J connectivity index is 1.67. The lowest BCUT2D eigenvalue weighted by Crippen LogP contribution is -2.48. The molecule has 0 aromatic heterocycles. The van der Waals surface area contributed by atoms with E-state index in [0.717, 1.165) is 10.6 Å². The first-order chi connectivity index (χ1) is 17.8. The summed E-state index contributed by atoms with van der Waals surface area (Å²) < 4.78 is 17.3. The molecule has 2 aliphatic rings. The van der Waals surface area contributed by atoms with Crippen LogP contribution in [0.1, 0.15) is 54.8 Å². The highest BCUT2D eigenvalue weighted by atomic mass is 16.5. The van der Waals surface area contributed by atoms with Crippen LogP contribution in [0.4, 0.5) is 11.4 Å². The van der Waals surface area contributed by atoms with Crippen molar-refractivity contribution in [1.82, 2.24) is 4.90 Å². The number of hydrogen-bond acceptors (Lipinski definition) is 7. The van der Waals surface area contributed by atoms with Crippen LogP contribution in [0.5, 0.6) is 11.5 Å². The van der Waals surface area contributed by atoms with E-state index in [2.05, 4.69) is 10.2 Å². The summed E-state index contributed by atoms with van der Waals surface area (Å²) in [6.45, 7) is 11.2. The van der Waals surface area contributed by atoms with Crippen LogP contribution in [-0.4, -0.2) is 68.2 Å². The van der Waals surface area contributed by atoms with Crippen LogP contribution in [0, 0.1) is 5.92 Å². The molecule has 9 heteroatoms. The van der Waals surface area contributed by atoms with E-state index in [1.807, 2.05) is 33.8 Å². The van der Waals surface area contributed by atoms with Gasteiger partial charge in [-0.25, -0.2) is 0 Å². The van der Waals surface area contributed by atoms with Gasteiger partial charge in [0.05, 0.1) is 48.9 Å². The summed E-state index contributed by atoms with van der Waals surface area (Å²) in [5.74, 6) is -0.191. The first-order valence-corrected chi connectivity index (χ1v) is 12.9. The molecule has 0 spiro atoms. The average Bonchev–Trinajstić information content (AvgIpc) is 3.14. The highest BCUT2D eigenvalue weighted by Gasteiger charge is 2.43. The number of amides is 3. The highest BCUT2D eigenvalue weighted by molar-refractivity contribution is 6.23. The number of hydrogen-bond donors (Lipinski definition) is 1.